The minimum atomic E-state index is -1.70. The van der Waals surface area contributed by atoms with Crippen molar-refractivity contribution >= 4 is 35.9 Å². The Balaban J connectivity index is 0.000000581. The van der Waals surface area contributed by atoms with Crippen molar-refractivity contribution in [2.75, 3.05) is 40.5 Å². The normalized spacial score (nSPS) is 25.6. The van der Waals surface area contributed by atoms with Gasteiger partial charge in [-0.2, -0.15) is 0 Å². The highest BCUT2D eigenvalue weighted by molar-refractivity contribution is 5.86. The van der Waals surface area contributed by atoms with Crippen LogP contribution in [0.4, 0.5) is 9.59 Å². The number of ether oxygens (including phenoxy) is 4. The third-order valence-corrected chi connectivity index (χ3v) is 10.1. The molecule has 0 bridgehead atoms. The van der Waals surface area contributed by atoms with E-state index in [2.05, 4.69) is 61.1 Å². The van der Waals surface area contributed by atoms with E-state index in [-0.39, 0.29) is 30.3 Å². The number of aliphatic hydroxyl groups excluding tert-OH is 1. The zero-order valence-corrected chi connectivity index (χ0v) is 36.2. The van der Waals surface area contributed by atoms with Gasteiger partial charge in [0.25, 0.3) is 0 Å². The number of nitrogens with one attached hydrogen (secondary N) is 4. The molecule has 16 heteroatoms. The first-order valence-corrected chi connectivity index (χ1v) is 21.1. The number of rotatable bonds is 9. The molecule has 2 heterocycles. The summed E-state index contributed by atoms with van der Waals surface area (Å²) in [5, 5.41) is 30.8. The number of esters is 2. The summed E-state index contributed by atoms with van der Waals surface area (Å²) in [4.78, 5) is 74.0. The van der Waals surface area contributed by atoms with Crippen molar-refractivity contribution < 1.29 is 57.9 Å². The smallest absolute Gasteiger partial charge is 0.407 e. The van der Waals surface area contributed by atoms with Crippen LogP contribution >= 0.6 is 0 Å². The fourth-order valence-corrected chi connectivity index (χ4v) is 7.06. The molecule has 16 nitrogen and oxygen atoms in total. The van der Waals surface area contributed by atoms with Crippen LogP contribution in [-0.4, -0.2) is 105 Å². The first kappa shape index (κ1) is 52.1. The van der Waals surface area contributed by atoms with Gasteiger partial charge in [0.2, 0.25) is 11.8 Å². The van der Waals surface area contributed by atoms with E-state index in [1.165, 1.54) is 14.2 Å². The largest absolute Gasteiger partial charge is 0.467 e. The molecule has 0 unspecified atom stereocenters. The lowest BCUT2D eigenvalue weighted by atomic mass is 9.81. The molecule has 4 amide bonds. The lowest BCUT2D eigenvalue weighted by molar-refractivity contribution is -0.149. The second-order valence-electron chi connectivity index (χ2n) is 16.4. The summed E-state index contributed by atoms with van der Waals surface area (Å²) >= 11 is 0. The molecule has 0 aromatic rings. The number of carbonyl (C=O) groups excluding carboxylic acids is 6. The van der Waals surface area contributed by atoms with Gasteiger partial charge in [-0.15, -0.1) is 0 Å². The molecule has 0 radical (unpaired) electrons. The van der Waals surface area contributed by atoms with Crippen LogP contribution in [0.1, 0.15) is 119 Å². The summed E-state index contributed by atoms with van der Waals surface area (Å²) in [5.74, 6) is -2.33. The molecule has 2 fully saturated rings. The molecule has 0 aromatic carbocycles. The van der Waals surface area contributed by atoms with E-state index in [9.17, 15) is 39.0 Å². The van der Waals surface area contributed by atoms with Crippen LogP contribution in [0.3, 0.4) is 0 Å². The van der Waals surface area contributed by atoms with Gasteiger partial charge >= 0.3 is 24.1 Å². The number of methoxy groups -OCH3 is 2. The highest BCUT2D eigenvalue weighted by atomic mass is 16.6. The monoisotopic (exact) mass is 827 g/mol. The number of alkyl carbamates (subject to hydrolysis) is 2. The van der Waals surface area contributed by atoms with Crippen molar-refractivity contribution in [3.63, 3.8) is 0 Å². The molecular weight excluding hydrogens is 752 g/mol. The van der Waals surface area contributed by atoms with E-state index in [1.807, 2.05) is 13.8 Å². The summed E-state index contributed by atoms with van der Waals surface area (Å²) in [5.41, 5.74) is 0. The van der Waals surface area contributed by atoms with Crippen LogP contribution in [0.2, 0.25) is 0 Å². The Morgan fingerprint density at radius 2 is 1.12 bits per heavy atom. The molecular formula is C42H74N4O12. The Hall–Kier alpha value is -3.92. The Kier molecular flexibility index (Phi) is 26.3. The van der Waals surface area contributed by atoms with E-state index < -0.39 is 60.2 Å². The second-order valence-corrected chi connectivity index (χ2v) is 16.4. The number of hydrogen-bond donors (Lipinski definition) is 6. The molecule has 0 spiro atoms. The number of carbonyl (C=O) groups is 6. The van der Waals surface area contributed by atoms with Crippen molar-refractivity contribution in [2.24, 2.45) is 41.4 Å². The summed E-state index contributed by atoms with van der Waals surface area (Å²) in [7, 11) is 2.59. The number of aliphatic hydroxyl groups is 2. The van der Waals surface area contributed by atoms with Gasteiger partial charge in [-0.05, 0) is 101 Å². The Morgan fingerprint density at radius 1 is 0.672 bits per heavy atom. The van der Waals surface area contributed by atoms with E-state index >= 15 is 0 Å². The quantitative estimate of drug-likeness (QED) is 0.0802. The van der Waals surface area contributed by atoms with Gasteiger partial charge < -0.3 is 50.4 Å². The van der Waals surface area contributed by atoms with Gasteiger partial charge in [-0.25, -0.2) is 19.2 Å². The zero-order chi connectivity index (χ0) is 43.6. The highest BCUT2D eigenvalue weighted by Crippen LogP contribution is 2.29. The maximum Gasteiger partial charge on any atom is 0.407 e. The van der Waals surface area contributed by atoms with Crippen LogP contribution in [0, 0.1) is 41.4 Å². The number of hydrogen-bond acceptors (Lipinski definition) is 12. The van der Waals surface area contributed by atoms with E-state index in [4.69, 9.17) is 18.9 Å². The summed E-state index contributed by atoms with van der Waals surface area (Å²) < 4.78 is 20.0. The summed E-state index contributed by atoms with van der Waals surface area (Å²) in [6.07, 6.45) is 8.19. The maximum absolute atomic E-state index is 13.3. The van der Waals surface area contributed by atoms with E-state index in [0.717, 1.165) is 6.42 Å². The number of cyclic esters (lactones) is 2. The zero-order valence-electron chi connectivity index (χ0n) is 36.2. The third kappa shape index (κ3) is 21.7. The van der Waals surface area contributed by atoms with E-state index in [0.29, 0.717) is 102 Å². The number of amides is 4. The predicted octanol–water partition coefficient (Wildman–Crippen LogP) is 4.75. The van der Waals surface area contributed by atoms with Crippen LogP contribution < -0.4 is 21.3 Å². The Morgan fingerprint density at radius 3 is 1.55 bits per heavy atom. The average molecular weight is 827 g/mol. The Labute approximate surface area is 345 Å². The first-order valence-electron chi connectivity index (χ1n) is 21.1. The van der Waals surface area contributed by atoms with Crippen molar-refractivity contribution in [2.45, 2.75) is 137 Å². The second kappa shape index (κ2) is 29.3. The lowest BCUT2D eigenvalue weighted by Gasteiger charge is -2.30. The van der Waals surface area contributed by atoms with Gasteiger partial charge in [0.05, 0.1) is 27.4 Å². The Bertz CT molecular complexity index is 1270. The molecule has 6 atom stereocenters. The molecule has 0 aromatic heterocycles. The molecule has 2 saturated heterocycles. The van der Waals surface area contributed by atoms with Crippen molar-refractivity contribution in [1.82, 2.24) is 21.3 Å². The molecule has 2 aliphatic heterocycles. The van der Waals surface area contributed by atoms with Gasteiger partial charge in [-0.3, -0.25) is 9.59 Å². The van der Waals surface area contributed by atoms with E-state index in [1.54, 1.807) is 0 Å². The molecule has 334 valence electrons. The molecule has 6 N–H and O–H groups in total. The van der Waals surface area contributed by atoms with Crippen LogP contribution in [-0.2, 0) is 38.1 Å². The standard InChI is InChI=1S/C23H40N2O5.C19H34N2O7/c1-16(2)11-12-18-9-8-14-30-23(28)24-13-7-6-10-20(22(27)29-5)25-21(26)19(18)15-17(3)4;1-12(2)11-14-13(17(23)24)7-6-10-28-19(26)20-9-5-4-8-15(18(25)27-3)21-16(14)22/h11-12,16-20H,6-10,13-15H2,1-5H3,(H,24,28)(H,25,26);12-15,17,23-24H,4-11H2,1-3H3,(H,20,26)(H,21,22)/b12-11+;/t18-,19-,20+;13-,14+,15-/m10/s1. The van der Waals surface area contributed by atoms with Crippen LogP contribution in [0.15, 0.2) is 12.2 Å². The average Bonchev–Trinajstić information content (AvgIpc) is 3.17. The molecule has 58 heavy (non-hydrogen) atoms. The number of allylic oxidation sites excluding steroid dienone is 2. The predicted molar refractivity (Wildman–Crippen MR) is 218 cm³/mol. The summed E-state index contributed by atoms with van der Waals surface area (Å²) in [6, 6.07) is -1.50. The van der Waals surface area contributed by atoms with Crippen molar-refractivity contribution in [1.29, 1.82) is 0 Å². The van der Waals surface area contributed by atoms with Gasteiger partial charge in [-0.1, -0.05) is 53.7 Å². The molecule has 2 rings (SSSR count). The lowest BCUT2D eigenvalue weighted by Crippen LogP contribution is -2.47. The van der Waals surface area contributed by atoms with Gasteiger partial charge in [0.15, 0.2) is 6.29 Å². The first-order chi connectivity index (χ1) is 27.5. The molecule has 2 aliphatic rings. The SMILES string of the molecule is COC(=O)[C@@H]1CCCCNC(=O)OCCC[C@H](/C=C/C(C)C)[C@@H](CC(C)C)C(=O)N1.COC(=O)[C@@H]1CCCCNC(=O)OCCC[C@H](C(O)O)[C@@H](CC(C)C)C(=O)N1. The minimum absolute atomic E-state index is 0.00452. The van der Waals surface area contributed by atoms with Gasteiger partial charge in [0.1, 0.15) is 12.1 Å². The third-order valence-electron chi connectivity index (χ3n) is 10.1. The fraction of sp³-hybridized carbons (Fsp3) is 0.810. The van der Waals surface area contributed by atoms with Crippen molar-refractivity contribution in [3.8, 4) is 0 Å². The van der Waals surface area contributed by atoms with Crippen molar-refractivity contribution in [3.05, 3.63) is 12.2 Å². The fourth-order valence-electron chi connectivity index (χ4n) is 7.06. The highest BCUT2D eigenvalue weighted by Gasteiger charge is 2.36. The topological polar surface area (TPSA) is 228 Å². The molecule has 0 aliphatic carbocycles. The van der Waals surface area contributed by atoms with Crippen LogP contribution in [0.25, 0.3) is 0 Å². The molecule has 0 saturated carbocycles. The minimum Gasteiger partial charge on any atom is -0.467 e. The summed E-state index contributed by atoms with van der Waals surface area (Å²) in [6.45, 7) is 13.6. The van der Waals surface area contributed by atoms with Gasteiger partial charge in [0, 0.05) is 30.8 Å². The maximum atomic E-state index is 13.3. The van der Waals surface area contributed by atoms with Crippen LogP contribution in [0.5, 0.6) is 0 Å².